The van der Waals surface area contributed by atoms with Gasteiger partial charge >= 0.3 is 6.18 Å². The van der Waals surface area contributed by atoms with Gasteiger partial charge in [0.15, 0.2) is 0 Å². The lowest BCUT2D eigenvalue weighted by Gasteiger charge is -2.06. The molecule has 0 fully saturated rings. The minimum Gasteiger partial charge on any atom is -0.396 e. The number of aromatic nitrogens is 2. The molecular weight excluding hydrogens is 225 g/mol. The molecule has 1 aromatic rings. The lowest BCUT2D eigenvalue weighted by Crippen LogP contribution is -2.26. The van der Waals surface area contributed by atoms with Gasteiger partial charge in [-0.25, -0.2) is 0 Å². The first-order valence-electron chi connectivity index (χ1n) is 4.54. The Morgan fingerprint density at radius 2 is 2.25 bits per heavy atom. The summed E-state index contributed by atoms with van der Waals surface area (Å²) >= 11 is 0. The molecule has 0 aromatic carbocycles. The van der Waals surface area contributed by atoms with Gasteiger partial charge in [-0.3, -0.25) is 9.89 Å². The second kappa shape index (κ2) is 4.86. The van der Waals surface area contributed by atoms with E-state index in [0.29, 0.717) is 0 Å². The Bertz CT molecular complexity index is 360. The van der Waals surface area contributed by atoms with Gasteiger partial charge < -0.3 is 11.1 Å². The van der Waals surface area contributed by atoms with Gasteiger partial charge in [-0.05, 0) is 6.42 Å². The fourth-order valence-electron chi connectivity index (χ4n) is 1.06. The molecule has 5 nitrogen and oxygen atoms in total. The third-order valence-electron chi connectivity index (χ3n) is 1.82. The molecule has 0 saturated carbocycles. The van der Waals surface area contributed by atoms with Crippen molar-refractivity contribution in [1.29, 1.82) is 0 Å². The van der Waals surface area contributed by atoms with Crippen LogP contribution in [-0.2, 0) is 0 Å². The summed E-state index contributed by atoms with van der Waals surface area (Å²) in [5.74, 6) is -0.558. The van der Waals surface area contributed by atoms with Crippen molar-refractivity contribution in [3.63, 3.8) is 0 Å². The van der Waals surface area contributed by atoms with Crippen molar-refractivity contribution in [2.24, 2.45) is 0 Å². The van der Waals surface area contributed by atoms with E-state index in [-0.39, 0.29) is 24.3 Å². The van der Waals surface area contributed by atoms with Gasteiger partial charge in [0, 0.05) is 13.0 Å². The molecule has 0 aliphatic rings. The molecule has 0 aliphatic heterocycles. The summed E-state index contributed by atoms with van der Waals surface area (Å²) < 4.78 is 35.3. The Hall–Kier alpha value is -1.73. The normalized spacial score (nSPS) is 11.4. The van der Waals surface area contributed by atoms with E-state index in [1.165, 1.54) is 6.20 Å². The van der Waals surface area contributed by atoms with E-state index < -0.39 is 18.5 Å². The average molecular weight is 236 g/mol. The number of anilines is 1. The average Bonchev–Trinajstić information content (AvgIpc) is 2.57. The predicted molar refractivity (Wildman–Crippen MR) is 50.6 cm³/mol. The largest absolute Gasteiger partial charge is 0.396 e. The molecule has 4 N–H and O–H groups in total. The number of alkyl halides is 3. The smallest absolute Gasteiger partial charge is 0.389 e. The molecule has 0 saturated heterocycles. The van der Waals surface area contributed by atoms with Crippen LogP contribution in [0.2, 0.25) is 0 Å². The van der Waals surface area contributed by atoms with E-state index >= 15 is 0 Å². The highest BCUT2D eigenvalue weighted by Crippen LogP contribution is 2.20. The third kappa shape index (κ3) is 3.79. The van der Waals surface area contributed by atoms with Crippen molar-refractivity contribution in [1.82, 2.24) is 15.5 Å². The van der Waals surface area contributed by atoms with Crippen LogP contribution in [-0.4, -0.2) is 28.8 Å². The summed E-state index contributed by atoms with van der Waals surface area (Å²) in [5, 5.41) is 8.18. The fraction of sp³-hybridized carbons (Fsp3) is 0.500. The number of hydrogen-bond donors (Lipinski definition) is 3. The fourth-order valence-corrected chi connectivity index (χ4v) is 1.06. The summed E-state index contributed by atoms with van der Waals surface area (Å²) in [5.41, 5.74) is 5.60. The van der Waals surface area contributed by atoms with Crippen molar-refractivity contribution in [3.05, 3.63) is 11.9 Å². The molecule has 0 bridgehead atoms. The van der Waals surface area contributed by atoms with Crippen LogP contribution < -0.4 is 11.1 Å². The van der Waals surface area contributed by atoms with Crippen LogP contribution in [0.25, 0.3) is 0 Å². The van der Waals surface area contributed by atoms with Crippen LogP contribution in [0.3, 0.4) is 0 Å². The number of nitrogens with two attached hydrogens (primary N) is 1. The first-order chi connectivity index (χ1) is 7.40. The molecule has 1 heterocycles. The number of nitrogen functional groups attached to an aromatic ring is 1. The lowest BCUT2D eigenvalue weighted by molar-refractivity contribution is -0.135. The molecule has 0 aliphatic carbocycles. The SMILES string of the molecule is Nc1cn[nH]c1C(=O)NCCCC(F)(F)F. The minimum atomic E-state index is -4.20. The molecule has 1 aromatic heterocycles. The topological polar surface area (TPSA) is 83.8 Å². The van der Waals surface area contributed by atoms with E-state index in [0.717, 1.165) is 0 Å². The van der Waals surface area contributed by atoms with E-state index in [1.54, 1.807) is 0 Å². The molecule has 0 spiro atoms. The second-order valence-corrected chi connectivity index (χ2v) is 3.17. The molecule has 16 heavy (non-hydrogen) atoms. The Balaban J connectivity index is 2.29. The second-order valence-electron chi connectivity index (χ2n) is 3.17. The summed E-state index contributed by atoms with van der Waals surface area (Å²) in [4.78, 5) is 11.3. The number of amides is 1. The predicted octanol–water partition coefficient (Wildman–Crippen LogP) is 1.06. The number of nitrogens with zero attached hydrogens (tertiary/aromatic N) is 1. The van der Waals surface area contributed by atoms with Crippen molar-refractivity contribution in [3.8, 4) is 0 Å². The van der Waals surface area contributed by atoms with Crippen molar-refractivity contribution < 1.29 is 18.0 Å². The number of aromatic amines is 1. The van der Waals surface area contributed by atoms with Crippen molar-refractivity contribution >= 4 is 11.6 Å². The maximum atomic E-state index is 11.8. The van der Waals surface area contributed by atoms with Gasteiger partial charge in [-0.15, -0.1) is 0 Å². The molecular formula is C8H11F3N4O. The van der Waals surface area contributed by atoms with Crippen LogP contribution in [0.5, 0.6) is 0 Å². The number of carbonyl (C=O) groups excluding carboxylic acids is 1. The molecule has 8 heteroatoms. The highest BCUT2D eigenvalue weighted by atomic mass is 19.4. The van der Waals surface area contributed by atoms with Gasteiger partial charge in [-0.1, -0.05) is 0 Å². The molecule has 1 rings (SSSR count). The highest BCUT2D eigenvalue weighted by Gasteiger charge is 2.26. The summed E-state index contributed by atoms with van der Waals surface area (Å²) in [6, 6.07) is 0. The Morgan fingerprint density at radius 3 is 2.75 bits per heavy atom. The van der Waals surface area contributed by atoms with Crippen LogP contribution >= 0.6 is 0 Å². The van der Waals surface area contributed by atoms with Crippen LogP contribution in [0, 0.1) is 0 Å². The summed E-state index contributed by atoms with van der Waals surface area (Å²) in [6.45, 7) is -0.0587. The molecule has 0 radical (unpaired) electrons. The number of nitrogens with one attached hydrogen (secondary N) is 2. The van der Waals surface area contributed by atoms with Crippen LogP contribution in [0.15, 0.2) is 6.20 Å². The molecule has 0 unspecified atom stereocenters. The zero-order valence-electron chi connectivity index (χ0n) is 8.27. The maximum Gasteiger partial charge on any atom is 0.389 e. The van der Waals surface area contributed by atoms with Gasteiger partial charge in [-0.2, -0.15) is 18.3 Å². The monoisotopic (exact) mass is 236 g/mol. The highest BCUT2D eigenvalue weighted by molar-refractivity contribution is 5.96. The summed E-state index contributed by atoms with van der Waals surface area (Å²) in [6.07, 6.45) is -4.03. The van der Waals surface area contributed by atoms with Crippen molar-refractivity contribution in [2.75, 3.05) is 12.3 Å². The lowest BCUT2D eigenvalue weighted by atomic mass is 10.3. The Kier molecular flexibility index (Phi) is 3.75. The first-order valence-corrected chi connectivity index (χ1v) is 4.54. The van der Waals surface area contributed by atoms with E-state index in [9.17, 15) is 18.0 Å². The van der Waals surface area contributed by atoms with E-state index in [1.807, 2.05) is 0 Å². The van der Waals surface area contributed by atoms with E-state index in [2.05, 4.69) is 15.5 Å². The van der Waals surface area contributed by atoms with Gasteiger partial charge in [0.05, 0.1) is 11.9 Å². The number of H-pyrrole nitrogens is 1. The zero-order chi connectivity index (χ0) is 12.2. The zero-order valence-corrected chi connectivity index (χ0v) is 8.27. The third-order valence-corrected chi connectivity index (χ3v) is 1.82. The standard InChI is InChI=1S/C8H11F3N4O/c9-8(10,11)2-1-3-13-7(16)6-5(12)4-14-15-6/h4H,1-3,12H2,(H,13,16)(H,14,15). The number of rotatable bonds is 4. The maximum absolute atomic E-state index is 11.8. The van der Waals surface area contributed by atoms with Crippen molar-refractivity contribution in [2.45, 2.75) is 19.0 Å². The molecule has 0 atom stereocenters. The Morgan fingerprint density at radius 1 is 1.56 bits per heavy atom. The van der Waals surface area contributed by atoms with E-state index in [4.69, 9.17) is 5.73 Å². The Labute approximate surface area is 89.2 Å². The molecule has 1 amide bonds. The number of carbonyl (C=O) groups is 1. The van der Waals surface area contributed by atoms with Crippen LogP contribution in [0.4, 0.5) is 18.9 Å². The van der Waals surface area contributed by atoms with Gasteiger partial charge in [0.1, 0.15) is 5.69 Å². The van der Waals surface area contributed by atoms with Gasteiger partial charge in [0.2, 0.25) is 0 Å². The number of halogens is 3. The van der Waals surface area contributed by atoms with Gasteiger partial charge in [0.25, 0.3) is 5.91 Å². The number of hydrogen-bond acceptors (Lipinski definition) is 3. The summed E-state index contributed by atoms with van der Waals surface area (Å²) in [7, 11) is 0. The van der Waals surface area contributed by atoms with Crippen LogP contribution in [0.1, 0.15) is 23.3 Å². The molecule has 90 valence electrons. The first kappa shape index (κ1) is 12.3. The minimum absolute atomic E-state index is 0.0587. The quantitative estimate of drug-likeness (QED) is 0.683.